The van der Waals surface area contributed by atoms with Crippen molar-refractivity contribution >= 4 is 17.7 Å². The average molecular weight is 637 g/mol. The molecule has 1 aliphatic rings. The Morgan fingerprint density at radius 1 is 0.809 bits per heavy atom. The first-order chi connectivity index (χ1) is 22.9. The van der Waals surface area contributed by atoms with Gasteiger partial charge in [0.15, 0.2) is 12.0 Å². The number of carbonyl (C=O) groups is 1. The van der Waals surface area contributed by atoms with Crippen LogP contribution in [0.1, 0.15) is 102 Å². The van der Waals surface area contributed by atoms with Gasteiger partial charge in [0.1, 0.15) is 0 Å². The topological polar surface area (TPSA) is 53.0 Å². The fourth-order valence-electron chi connectivity index (χ4n) is 6.75. The van der Waals surface area contributed by atoms with Crippen LogP contribution in [0.4, 0.5) is 11.4 Å². The Bertz CT molecular complexity index is 1400. The molecule has 0 aromatic heterocycles. The molecule has 5 heteroatoms. The Hall–Kier alpha value is -3.83. The van der Waals surface area contributed by atoms with Gasteiger partial charge >= 0.3 is 0 Å². The predicted molar refractivity (Wildman–Crippen MR) is 197 cm³/mol. The number of unbranched alkanes of at least 4 members (excludes halogenated alkanes) is 9. The molecule has 1 aliphatic heterocycles. The third kappa shape index (κ3) is 10.1. The smallest absolute Gasteiger partial charge is 0.184 e. The third-order valence-corrected chi connectivity index (χ3v) is 9.46. The highest BCUT2D eigenvalue weighted by atomic mass is 16.5. The minimum Gasteiger partial charge on any atom is -0.504 e. The van der Waals surface area contributed by atoms with Crippen molar-refractivity contribution < 1.29 is 14.6 Å². The monoisotopic (exact) mass is 636 g/mol. The van der Waals surface area contributed by atoms with Crippen LogP contribution < -0.4 is 9.80 Å². The van der Waals surface area contributed by atoms with Crippen molar-refractivity contribution in [2.24, 2.45) is 0 Å². The summed E-state index contributed by atoms with van der Waals surface area (Å²) in [5, 5.41) is 10.5. The first-order valence-electron chi connectivity index (χ1n) is 17.7. The number of ether oxygens (including phenoxy) is 1. The number of anilines is 2. The zero-order valence-electron chi connectivity index (χ0n) is 29.2. The van der Waals surface area contributed by atoms with Crippen molar-refractivity contribution in [3.63, 3.8) is 0 Å². The van der Waals surface area contributed by atoms with Gasteiger partial charge in [-0.1, -0.05) is 139 Å². The van der Waals surface area contributed by atoms with Crippen LogP contribution in [-0.2, 0) is 28.0 Å². The van der Waals surface area contributed by atoms with E-state index >= 15 is 0 Å². The van der Waals surface area contributed by atoms with Crippen molar-refractivity contribution in [1.29, 1.82) is 0 Å². The van der Waals surface area contributed by atoms with E-state index in [0.29, 0.717) is 11.9 Å². The van der Waals surface area contributed by atoms with Crippen LogP contribution >= 0.6 is 0 Å². The van der Waals surface area contributed by atoms with Crippen molar-refractivity contribution in [3.8, 4) is 0 Å². The lowest BCUT2D eigenvalue weighted by molar-refractivity contribution is -0.107. The predicted octanol–water partition coefficient (Wildman–Crippen LogP) is 10.5. The molecule has 0 atom stereocenters. The van der Waals surface area contributed by atoms with Gasteiger partial charge in [-0.2, -0.15) is 0 Å². The summed E-state index contributed by atoms with van der Waals surface area (Å²) in [4.78, 5) is 16.5. The lowest BCUT2D eigenvalue weighted by atomic mass is 9.83. The van der Waals surface area contributed by atoms with E-state index in [1.165, 1.54) is 85.9 Å². The Morgan fingerprint density at radius 2 is 1.36 bits per heavy atom. The Morgan fingerprint density at radius 3 is 1.89 bits per heavy atom. The normalized spacial score (nSPS) is 15.1. The number of hydrogen-bond donors (Lipinski definition) is 1. The molecule has 4 rings (SSSR count). The molecule has 252 valence electrons. The van der Waals surface area contributed by atoms with Crippen molar-refractivity contribution in [1.82, 2.24) is 0 Å². The van der Waals surface area contributed by atoms with Gasteiger partial charge in [0.2, 0.25) is 0 Å². The standard InChI is InChI=1S/C42H56N2O3/c1-5-6-7-8-9-10-11-12-13-20-27-44-39-26-25-37(29-38(39)42(2,3)41(44)28-36(33-47-4)40(46)32-45)43(30-34-21-16-14-17-22-34)31-35-23-18-15-19-24-35/h14-19,21-26,28-29,32,46H,5-13,20,27,30-31,33H2,1-4H3/b40-36+,41-28+. The Balaban J connectivity index is 1.61. The van der Waals surface area contributed by atoms with E-state index in [9.17, 15) is 9.90 Å². The molecule has 0 saturated heterocycles. The summed E-state index contributed by atoms with van der Waals surface area (Å²) < 4.78 is 5.40. The van der Waals surface area contributed by atoms with Crippen LogP contribution in [0, 0.1) is 0 Å². The summed E-state index contributed by atoms with van der Waals surface area (Å²) in [5.41, 5.74) is 7.39. The largest absolute Gasteiger partial charge is 0.504 e. The van der Waals surface area contributed by atoms with E-state index in [4.69, 9.17) is 4.74 Å². The maximum Gasteiger partial charge on any atom is 0.184 e. The highest BCUT2D eigenvalue weighted by Crippen LogP contribution is 2.49. The molecular formula is C42H56N2O3. The van der Waals surface area contributed by atoms with Crippen LogP contribution in [-0.4, -0.2) is 31.7 Å². The maximum absolute atomic E-state index is 11.6. The Labute approximate surface area is 284 Å². The average Bonchev–Trinajstić information content (AvgIpc) is 3.30. The molecule has 3 aromatic carbocycles. The van der Waals surface area contributed by atoms with Crippen LogP contribution in [0.2, 0.25) is 0 Å². The molecule has 0 unspecified atom stereocenters. The molecule has 0 bridgehead atoms. The summed E-state index contributed by atoms with van der Waals surface area (Å²) in [6.45, 7) is 9.42. The third-order valence-electron chi connectivity index (χ3n) is 9.46. The van der Waals surface area contributed by atoms with Gasteiger partial charge in [0.25, 0.3) is 0 Å². The second-order valence-electron chi connectivity index (χ2n) is 13.5. The molecular weight excluding hydrogens is 580 g/mol. The van der Waals surface area contributed by atoms with E-state index in [2.05, 4.69) is 109 Å². The van der Waals surface area contributed by atoms with Crippen LogP contribution in [0.15, 0.2) is 102 Å². The number of rotatable bonds is 20. The van der Waals surface area contributed by atoms with Crippen LogP contribution in [0.25, 0.3) is 0 Å². The SMILES string of the molecule is CCCCCCCCCCCCN1/C(=C/C(COC)=C(\O)C=O)C(C)(C)c2cc(N(Cc3ccccc3)Cc3ccccc3)ccc21. The van der Waals surface area contributed by atoms with Gasteiger partial charge in [-0.05, 0) is 47.4 Å². The number of fused-ring (bicyclic) bond motifs is 1. The minimum atomic E-state index is -0.350. The van der Waals surface area contributed by atoms with Gasteiger partial charge in [-0.3, -0.25) is 4.79 Å². The summed E-state index contributed by atoms with van der Waals surface area (Å²) in [7, 11) is 1.59. The quantitative estimate of drug-likeness (QED) is 0.0579. The number of nitrogens with zero attached hydrogens (tertiary/aromatic N) is 2. The van der Waals surface area contributed by atoms with Gasteiger partial charge in [0.05, 0.1) is 6.61 Å². The molecule has 0 fully saturated rings. The number of aliphatic hydroxyl groups is 1. The highest BCUT2D eigenvalue weighted by Gasteiger charge is 2.40. The number of methoxy groups -OCH3 is 1. The van der Waals surface area contributed by atoms with Gasteiger partial charge < -0.3 is 19.6 Å². The van der Waals surface area contributed by atoms with Crippen molar-refractivity contribution in [2.75, 3.05) is 30.1 Å². The van der Waals surface area contributed by atoms with E-state index in [1.807, 2.05) is 6.08 Å². The second kappa shape index (κ2) is 18.5. The van der Waals surface area contributed by atoms with Crippen LogP contribution in [0.3, 0.4) is 0 Å². The van der Waals surface area contributed by atoms with Crippen molar-refractivity contribution in [2.45, 2.75) is 103 Å². The number of benzene rings is 3. The molecule has 1 N–H and O–H groups in total. The molecule has 0 amide bonds. The fraction of sp³-hybridized carbons (Fsp3) is 0.452. The molecule has 0 radical (unpaired) electrons. The molecule has 0 aliphatic carbocycles. The molecule has 1 heterocycles. The van der Waals surface area contributed by atoms with Crippen molar-refractivity contribution in [3.05, 3.63) is 119 Å². The summed E-state index contributed by atoms with van der Waals surface area (Å²) in [5.74, 6) is -0.275. The zero-order chi connectivity index (χ0) is 33.5. The number of allylic oxidation sites excluding steroid dienone is 2. The first kappa shape index (κ1) is 36.0. The second-order valence-corrected chi connectivity index (χ2v) is 13.5. The molecule has 0 saturated carbocycles. The molecule has 3 aromatic rings. The Kier molecular flexibility index (Phi) is 14.2. The summed E-state index contributed by atoms with van der Waals surface area (Å²) in [6.07, 6.45) is 15.4. The zero-order valence-corrected chi connectivity index (χ0v) is 29.2. The fourth-order valence-corrected chi connectivity index (χ4v) is 6.75. The van der Waals surface area contributed by atoms with E-state index in [0.717, 1.165) is 31.8 Å². The highest BCUT2D eigenvalue weighted by molar-refractivity contribution is 5.76. The molecule has 0 spiro atoms. The van der Waals surface area contributed by atoms with E-state index in [-0.39, 0.29) is 17.8 Å². The molecule has 47 heavy (non-hydrogen) atoms. The lowest BCUT2D eigenvalue weighted by Gasteiger charge is -2.28. The number of aldehydes is 1. The summed E-state index contributed by atoms with van der Waals surface area (Å²) in [6, 6.07) is 28.2. The number of aliphatic hydroxyl groups excluding tert-OH is 1. The van der Waals surface area contributed by atoms with Gasteiger partial charge in [-0.15, -0.1) is 0 Å². The maximum atomic E-state index is 11.6. The number of carbonyl (C=O) groups excluding carboxylic acids is 1. The van der Waals surface area contributed by atoms with E-state index in [1.54, 1.807) is 7.11 Å². The number of hydrogen-bond acceptors (Lipinski definition) is 5. The molecule has 5 nitrogen and oxygen atoms in total. The van der Waals surface area contributed by atoms with Gasteiger partial charge in [0, 0.05) is 54.8 Å². The summed E-state index contributed by atoms with van der Waals surface area (Å²) >= 11 is 0. The lowest BCUT2D eigenvalue weighted by Crippen LogP contribution is -2.27. The first-order valence-corrected chi connectivity index (χ1v) is 17.7. The van der Waals surface area contributed by atoms with Crippen LogP contribution in [0.5, 0.6) is 0 Å². The minimum absolute atomic E-state index is 0.166. The van der Waals surface area contributed by atoms with Gasteiger partial charge in [-0.25, -0.2) is 0 Å². The van der Waals surface area contributed by atoms with E-state index < -0.39 is 0 Å².